The smallest absolute Gasteiger partial charge is 0.167 e. The van der Waals surface area contributed by atoms with E-state index in [1.165, 1.54) is 0 Å². The molecule has 0 bridgehead atoms. The Labute approximate surface area is 290 Å². The second-order valence-electron chi connectivity index (χ2n) is 12.8. The molecule has 51 heavy (non-hydrogen) atoms. The second-order valence-corrected chi connectivity index (χ2v) is 12.8. The first-order valence-electron chi connectivity index (χ1n) is 16.8. The summed E-state index contributed by atoms with van der Waals surface area (Å²) in [4.78, 5) is 15.0. The van der Waals surface area contributed by atoms with Gasteiger partial charge in [-0.1, -0.05) is 109 Å². The molecular weight excluding hydrogens is 631 g/mol. The Kier molecular flexibility index (Phi) is 5.86. The summed E-state index contributed by atoms with van der Waals surface area (Å²) < 4.78 is 19.3. The molecule has 4 heterocycles. The van der Waals surface area contributed by atoms with E-state index in [-0.39, 0.29) is 0 Å². The standard InChI is InChI=1S/C45H25N3O3/c1-2-10-26(11-3-1)43-46-44(48-45(47-43)36-17-9-16-35-31-13-5-7-19-38(31)51-42(35)36)28-21-23-33-32-22-20-27(24-39(32)49-40(33)25-28)29-14-8-15-34-30-12-4-6-18-37(30)50-41(29)34/h1-25H. The van der Waals surface area contributed by atoms with Crippen molar-refractivity contribution in [1.82, 2.24) is 15.0 Å². The highest BCUT2D eigenvalue weighted by Gasteiger charge is 2.19. The minimum Gasteiger partial charge on any atom is -0.456 e. The van der Waals surface area contributed by atoms with Crippen molar-refractivity contribution < 1.29 is 13.3 Å². The van der Waals surface area contributed by atoms with Crippen LogP contribution in [0.2, 0.25) is 0 Å². The summed E-state index contributed by atoms with van der Waals surface area (Å²) in [5.74, 6) is 1.67. The molecule has 0 saturated carbocycles. The van der Waals surface area contributed by atoms with E-state index >= 15 is 0 Å². The molecule has 0 aliphatic heterocycles. The SMILES string of the molecule is c1ccc(-c2nc(-c3ccc4c(c3)oc3cc(-c5cccc6c5oc5ccccc56)ccc34)nc(-c3cccc4c3oc3ccccc34)n2)cc1. The van der Waals surface area contributed by atoms with Crippen molar-refractivity contribution in [1.29, 1.82) is 0 Å². The highest BCUT2D eigenvalue weighted by molar-refractivity contribution is 6.12. The lowest BCUT2D eigenvalue weighted by atomic mass is 10.0. The van der Waals surface area contributed by atoms with Gasteiger partial charge in [-0.05, 0) is 48.0 Å². The Morgan fingerprint density at radius 2 is 0.784 bits per heavy atom. The molecule has 0 amide bonds. The van der Waals surface area contributed by atoms with Gasteiger partial charge in [-0.15, -0.1) is 0 Å². The maximum absolute atomic E-state index is 6.55. The van der Waals surface area contributed by atoms with Crippen LogP contribution < -0.4 is 0 Å². The minimum atomic E-state index is 0.539. The topological polar surface area (TPSA) is 78.1 Å². The molecule has 6 nitrogen and oxygen atoms in total. The number of benzene rings is 7. The van der Waals surface area contributed by atoms with Gasteiger partial charge in [0.2, 0.25) is 0 Å². The lowest BCUT2D eigenvalue weighted by molar-refractivity contribution is 0.668. The van der Waals surface area contributed by atoms with Crippen molar-refractivity contribution in [2.24, 2.45) is 0 Å². The molecule has 4 aromatic heterocycles. The van der Waals surface area contributed by atoms with Gasteiger partial charge in [-0.3, -0.25) is 0 Å². The van der Waals surface area contributed by atoms with Crippen LogP contribution in [0.25, 0.3) is 111 Å². The maximum Gasteiger partial charge on any atom is 0.167 e. The fourth-order valence-electron chi connectivity index (χ4n) is 7.32. The molecule has 11 aromatic rings. The largest absolute Gasteiger partial charge is 0.456 e. The van der Waals surface area contributed by atoms with Gasteiger partial charge in [0.15, 0.2) is 17.5 Å². The molecule has 238 valence electrons. The summed E-state index contributed by atoms with van der Waals surface area (Å²) in [5.41, 5.74) is 9.46. The zero-order chi connectivity index (χ0) is 33.5. The number of hydrogen-bond donors (Lipinski definition) is 0. The van der Waals surface area contributed by atoms with Crippen LogP contribution in [-0.2, 0) is 0 Å². The Hall–Kier alpha value is -7.05. The van der Waals surface area contributed by atoms with E-state index in [4.69, 9.17) is 28.2 Å². The number of fused-ring (bicyclic) bond motifs is 9. The summed E-state index contributed by atoms with van der Waals surface area (Å²) in [7, 11) is 0. The first kappa shape index (κ1) is 27.9. The molecule has 0 spiro atoms. The van der Waals surface area contributed by atoms with Crippen LogP contribution in [0.3, 0.4) is 0 Å². The van der Waals surface area contributed by atoms with Crippen LogP contribution in [-0.4, -0.2) is 15.0 Å². The highest BCUT2D eigenvalue weighted by Crippen LogP contribution is 2.40. The Morgan fingerprint density at radius 1 is 0.294 bits per heavy atom. The molecule has 0 atom stereocenters. The Morgan fingerprint density at radius 3 is 1.47 bits per heavy atom. The number of rotatable bonds is 4. The quantitative estimate of drug-likeness (QED) is 0.188. The predicted molar refractivity (Wildman–Crippen MR) is 203 cm³/mol. The summed E-state index contributed by atoms with van der Waals surface area (Å²) in [6, 6.07) is 51.1. The van der Waals surface area contributed by atoms with E-state index in [2.05, 4.69) is 66.7 Å². The number of aromatic nitrogens is 3. The lowest BCUT2D eigenvalue weighted by Gasteiger charge is -2.08. The highest BCUT2D eigenvalue weighted by atomic mass is 16.3. The number of nitrogens with zero attached hydrogens (tertiary/aromatic N) is 3. The maximum atomic E-state index is 6.55. The van der Waals surface area contributed by atoms with Gasteiger partial charge in [0, 0.05) is 49.0 Å². The number of furan rings is 3. The van der Waals surface area contributed by atoms with E-state index in [1.54, 1.807) is 0 Å². The third-order valence-electron chi connectivity index (χ3n) is 9.76. The van der Waals surface area contributed by atoms with Gasteiger partial charge >= 0.3 is 0 Å². The molecule has 0 radical (unpaired) electrons. The van der Waals surface area contributed by atoms with Gasteiger partial charge in [0.05, 0.1) is 5.56 Å². The van der Waals surface area contributed by atoms with E-state index in [0.717, 1.165) is 93.6 Å². The molecule has 6 heteroatoms. The van der Waals surface area contributed by atoms with E-state index < -0.39 is 0 Å². The van der Waals surface area contributed by atoms with Crippen LogP contribution in [0.1, 0.15) is 0 Å². The normalized spacial score (nSPS) is 11.9. The average Bonchev–Trinajstić information content (AvgIpc) is 3.88. The minimum absolute atomic E-state index is 0.539. The Balaban J connectivity index is 1.06. The first-order valence-corrected chi connectivity index (χ1v) is 16.8. The summed E-state index contributed by atoms with van der Waals surface area (Å²) in [6.07, 6.45) is 0. The summed E-state index contributed by atoms with van der Waals surface area (Å²) in [5, 5.41) is 6.34. The van der Waals surface area contributed by atoms with Gasteiger partial charge in [0.1, 0.15) is 33.5 Å². The Bertz CT molecular complexity index is 3150. The molecule has 0 unspecified atom stereocenters. The molecule has 0 aliphatic carbocycles. The molecule has 0 aliphatic rings. The predicted octanol–water partition coefficient (Wildman–Crippen LogP) is 12.2. The number of hydrogen-bond acceptors (Lipinski definition) is 6. The molecule has 0 N–H and O–H groups in total. The molecule has 7 aromatic carbocycles. The summed E-state index contributed by atoms with van der Waals surface area (Å²) in [6.45, 7) is 0. The first-order chi connectivity index (χ1) is 25.2. The fourth-order valence-corrected chi connectivity index (χ4v) is 7.32. The molecule has 0 saturated heterocycles. The van der Waals surface area contributed by atoms with Gasteiger partial charge in [-0.2, -0.15) is 0 Å². The summed E-state index contributed by atoms with van der Waals surface area (Å²) >= 11 is 0. The fraction of sp³-hybridized carbons (Fsp3) is 0. The molecular formula is C45H25N3O3. The van der Waals surface area contributed by atoms with E-state index in [1.807, 2.05) is 84.9 Å². The molecule has 11 rings (SSSR count). The van der Waals surface area contributed by atoms with Crippen molar-refractivity contribution in [2.75, 3.05) is 0 Å². The zero-order valence-electron chi connectivity index (χ0n) is 27.0. The van der Waals surface area contributed by atoms with Crippen molar-refractivity contribution in [3.8, 4) is 45.3 Å². The van der Waals surface area contributed by atoms with Gasteiger partial charge < -0.3 is 13.3 Å². The van der Waals surface area contributed by atoms with E-state index in [9.17, 15) is 0 Å². The van der Waals surface area contributed by atoms with Gasteiger partial charge in [0.25, 0.3) is 0 Å². The monoisotopic (exact) mass is 655 g/mol. The van der Waals surface area contributed by atoms with Crippen LogP contribution >= 0.6 is 0 Å². The van der Waals surface area contributed by atoms with Gasteiger partial charge in [-0.25, -0.2) is 15.0 Å². The molecule has 0 fully saturated rings. The van der Waals surface area contributed by atoms with Crippen molar-refractivity contribution in [2.45, 2.75) is 0 Å². The van der Waals surface area contributed by atoms with E-state index in [0.29, 0.717) is 17.5 Å². The average molecular weight is 656 g/mol. The van der Waals surface area contributed by atoms with Crippen LogP contribution in [0.15, 0.2) is 165 Å². The van der Waals surface area contributed by atoms with Crippen molar-refractivity contribution in [3.63, 3.8) is 0 Å². The van der Waals surface area contributed by atoms with Crippen LogP contribution in [0.5, 0.6) is 0 Å². The van der Waals surface area contributed by atoms with Crippen LogP contribution in [0, 0.1) is 0 Å². The lowest BCUT2D eigenvalue weighted by Crippen LogP contribution is -2.00. The van der Waals surface area contributed by atoms with Crippen LogP contribution in [0.4, 0.5) is 0 Å². The zero-order valence-corrected chi connectivity index (χ0v) is 27.0. The second kappa shape index (κ2) is 10.7. The number of para-hydroxylation sites is 4. The van der Waals surface area contributed by atoms with Crippen molar-refractivity contribution >= 4 is 65.8 Å². The third-order valence-corrected chi connectivity index (χ3v) is 9.76. The van der Waals surface area contributed by atoms with Crippen molar-refractivity contribution in [3.05, 3.63) is 152 Å². The third kappa shape index (κ3) is 4.33.